The Morgan fingerprint density at radius 2 is 2.33 bits per heavy atom. The van der Waals surface area contributed by atoms with Crippen LogP contribution in [0.25, 0.3) is 11.0 Å². The summed E-state index contributed by atoms with van der Waals surface area (Å²) < 4.78 is 5.04. The van der Waals surface area contributed by atoms with Crippen molar-refractivity contribution in [3.05, 3.63) is 6.20 Å². The molecule has 0 saturated carbocycles. The zero-order valence-corrected chi connectivity index (χ0v) is 11.4. The van der Waals surface area contributed by atoms with E-state index in [0.717, 1.165) is 41.4 Å². The van der Waals surface area contributed by atoms with E-state index in [4.69, 9.17) is 4.74 Å². The summed E-state index contributed by atoms with van der Waals surface area (Å²) in [6.07, 6.45) is 2.77. The van der Waals surface area contributed by atoms with Gasteiger partial charge >= 0.3 is 0 Å². The van der Waals surface area contributed by atoms with Crippen LogP contribution in [0.3, 0.4) is 0 Å². The van der Waals surface area contributed by atoms with E-state index >= 15 is 0 Å². The number of rotatable bonds is 7. The van der Waals surface area contributed by atoms with Crippen molar-refractivity contribution in [2.75, 3.05) is 31.3 Å². The predicted octanol–water partition coefficient (Wildman–Crippen LogP) is 1.91. The van der Waals surface area contributed by atoms with Gasteiger partial charge in [-0.15, -0.1) is 11.8 Å². The second kappa shape index (κ2) is 6.55. The Bertz CT molecular complexity index is 501. The van der Waals surface area contributed by atoms with E-state index in [0.29, 0.717) is 5.95 Å². The summed E-state index contributed by atoms with van der Waals surface area (Å²) in [6, 6.07) is 0. The van der Waals surface area contributed by atoms with Gasteiger partial charge < -0.3 is 10.1 Å². The Balaban J connectivity index is 2.15. The van der Waals surface area contributed by atoms with Gasteiger partial charge in [-0.1, -0.05) is 0 Å². The van der Waals surface area contributed by atoms with Gasteiger partial charge in [0.05, 0.1) is 11.6 Å². The molecular formula is C11H17N5OS. The highest BCUT2D eigenvalue weighted by molar-refractivity contribution is 7.99. The number of aromatic amines is 1. The fourth-order valence-electron chi connectivity index (χ4n) is 1.53. The maximum Gasteiger partial charge on any atom is 0.225 e. The van der Waals surface area contributed by atoms with E-state index < -0.39 is 0 Å². The zero-order chi connectivity index (χ0) is 12.8. The van der Waals surface area contributed by atoms with Gasteiger partial charge in [0.25, 0.3) is 0 Å². The molecule has 0 fully saturated rings. The Labute approximate surface area is 110 Å². The molecule has 2 N–H and O–H groups in total. The monoisotopic (exact) mass is 267 g/mol. The highest BCUT2D eigenvalue weighted by Crippen LogP contribution is 2.25. The Kier molecular flexibility index (Phi) is 4.77. The molecule has 0 saturated heterocycles. The molecular weight excluding hydrogens is 250 g/mol. The van der Waals surface area contributed by atoms with Crippen LogP contribution in [0.2, 0.25) is 0 Å². The average molecular weight is 267 g/mol. The van der Waals surface area contributed by atoms with Gasteiger partial charge in [-0.3, -0.25) is 5.10 Å². The third-order valence-electron chi connectivity index (χ3n) is 2.34. The van der Waals surface area contributed by atoms with E-state index in [1.165, 1.54) is 0 Å². The van der Waals surface area contributed by atoms with Gasteiger partial charge in [0.15, 0.2) is 5.65 Å². The summed E-state index contributed by atoms with van der Waals surface area (Å²) in [6.45, 7) is 3.59. The maximum absolute atomic E-state index is 5.04. The molecule has 0 radical (unpaired) electrons. The zero-order valence-electron chi connectivity index (χ0n) is 10.6. The predicted molar refractivity (Wildman–Crippen MR) is 73.1 cm³/mol. The van der Waals surface area contributed by atoms with Crippen molar-refractivity contribution < 1.29 is 4.74 Å². The molecule has 0 atom stereocenters. The molecule has 0 amide bonds. The summed E-state index contributed by atoms with van der Waals surface area (Å²) in [5.41, 5.74) is 0.773. The lowest BCUT2D eigenvalue weighted by molar-refractivity contribution is 0.200. The molecule has 0 aliphatic heterocycles. The number of nitrogens with one attached hydrogen (secondary N) is 2. The van der Waals surface area contributed by atoms with Crippen molar-refractivity contribution in [3.8, 4) is 0 Å². The lowest BCUT2D eigenvalue weighted by Gasteiger charge is -2.05. The van der Waals surface area contributed by atoms with Gasteiger partial charge in [-0.2, -0.15) is 10.1 Å². The number of fused-ring (bicyclic) bond motifs is 1. The third-order valence-corrected chi connectivity index (χ3v) is 3.42. The van der Waals surface area contributed by atoms with Crippen molar-refractivity contribution in [1.29, 1.82) is 0 Å². The number of aromatic nitrogens is 4. The van der Waals surface area contributed by atoms with Crippen molar-refractivity contribution in [1.82, 2.24) is 20.2 Å². The highest BCUT2D eigenvalue weighted by atomic mass is 32.2. The molecule has 2 rings (SSSR count). The minimum absolute atomic E-state index is 0.642. The Morgan fingerprint density at radius 1 is 1.44 bits per heavy atom. The standard InChI is InChI=1S/C11H17N5OS/c1-3-12-11-14-9-8(7-13-16-9)10(15-11)18-6-4-5-17-2/h7H,3-6H2,1-2H3,(H2,12,13,14,15,16). The fraction of sp³-hybridized carbons (Fsp3) is 0.545. The van der Waals surface area contributed by atoms with E-state index in [1.807, 2.05) is 6.92 Å². The van der Waals surface area contributed by atoms with Crippen LogP contribution in [0.15, 0.2) is 11.2 Å². The number of methoxy groups -OCH3 is 1. The van der Waals surface area contributed by atoms with Crippen LogP contribution >= 0.6 is 11.8 Å². The van der Waals surface area contributed by atoms with Crippen LogP contribution in [-0.4, -0.2) is 46.2 Å². The maximum atomic E-state index is 5.04. The molecule has 6 nitrogen and oxygen atoms in total. The molecule has 0 aliphatic rings. The van der Waals surface area contributed by atoms with E-state index in [1.54, 1.807) is 25.1 Å². The summed E-state index contributed by atoms with van der Waals surface area (Å²) in [4.78, 5) is 8.85. The number of hydrogen-bond donors (Lipinski definition) is 2. The SMILES string of the molecule is CCNc1nc(SCCCOC)c2cn[nH]c2n1. The molecule has 0 unspecified atom stereocenters. The van der Waals surface area contributed by atoms with Gasteiger partial charge in [-0.25, -0.2) is 4.98 Å². The van der Waals surface area contributed by atoms with Crippen LogP contribution in [-0.2, 0) is 4.74 Å². The number of nitrogens with zero attached hydrogens (tertiary/aromatic N) is 3. The second-order valence-electron chi connectivity index (χ2n) is 3.71. The van der Waals surface area contributed by atoms with Gasteiger partial charge in [0.2, 0.25) is 5.95 Å². The first kappa shape index (κ1) is 13.1. The van der Waals surface area contributed by atoms with E-state index in [2.05, 4.69) is 25.5 Å². The molecule has 0 aromatic carbocycles. The quantitative estimate of drug-likeness (QED) is 0.453. The van der Waals surface area contributed by atoms with Crippen molar-refractivity contribution in [2.24, 2.45) is 0 Å². The minimum Gasteiger partial charge on any atom is -0.385 e. The molecule has 2 aromatic heterocycles. The van der Waals surface area contributed by atoms with Crippen LogP contribution < -0.4 is 5.32 Å². The van der Waals surface area contributed by atoms with Gasteiger partial charge in [-0.05, 0) is 13.3 Å². The van der Waals surface area contributed by atoms with Crippen LogP contribution in [0, 0.1) is 0 Å². The lowest BCUT2D eigenvalue weighted by Crippen LogP contribution is -2.03. The molecule has 0 aliphatic carbocycles. The molecule has 7 heteroatoms. The Morgan fingerprint density at radius 3 is 3.11 bits per heavy atom. The first-order valence-electron chi connectivity index (χ1n) is 5.92. The van der Waals surface area contributed by atoms with Gasteiger partial charge in [0, 0.05) is 26.0 Å². The van der Waals surface area contributed by atoms with Gasteiger partial charge in [0.1, 0.15) is 5.03 Å². The number of ether oxygens (including phenoxy) is 1. The van der Waals surface area contributed by atoms with Crippen LogP contribution in [0.4, 0.5) is 5.95 Å². The summed E-state index contributed by atoms with van der Waals surface area (Å²) in [7, 11) is 1.72. The molecule has 2 heterocycles. The largest absolute Gasteiger partial charge is 0.385 e. The first-order chi connectivity index (χ1) is 8.85. The summed E-state index contributed by atoms with van der Waals surface area (Å²) in [5, 5.41) is 11.9. The lowest BCUT2D eigenvalue weighted by atomic mass is 10.4. The summed E-state index contributed by atoms with van der Waals surface area (Å²) in [5.74, 6) is 1.61. The average Bonchev–Trinajstić information content (AvgIpc) is 2.83. The van der Waals surface area contributed by atoms with Crippen molar-refractivity contribution in [3.63, 3.8) is 0 Å². The topological polar surface area (TPSA) is 75.7 Å². The van der Waals surface area contributed by atoms with Crippen molar-refractivity contribution in [2.45, 2.75) is 18.4 Å². The second-order valence-corrected chi connectivity index (χ2v) is 4.79. The molecule has 0 bridgehead atoms. The third kappa shape index (κ3) is 3.11. The molecule has 98 valence electrons. The van der Waals surface area contributed by atoms with E-state index in [9.17, 15) is 0 Å². The normalized spacial score (nSPS) is 11.0. The highest BCUT2D eigenvalue weighted by Gasteiger charge is 2.09. The molecule has 18 heavy (non-hydrogen) atoms. The van der Waals surface area contributed by atoms with Crippen LogP contribution in [0.1, 0.15) is 13.3 Å². The number of thioether (sulfide) groups is 1. The van der Waals surface area contributed by atoms with Crippen LogP contribution in [0.5, 0.6) is 0 Å². The first-order valence-corrected chi connectivity index (χ1v) is 6.90. The minimum atomic E-state index is 0.642. The summed E-state index contributed by atoms with van der Waals surface area (Å²) >= 11 is 1.70. The van der Waals surface area contributed by atoms with E-state index in [-0.39, 0.29) is 0 Å². The Hall–Kier alpha value is -1.34. The fourth-order valence-corrected chi connectivity index (χ4v) is 2.44. The number of H-pyrrole nitrogens is 1. The smallest absolute Gasteiger partial charge is 0.225 e. The number of hydrogen-bond acceptors (Lipinski definition) is 6. The van der Waals surface area contributed by atoms with Crippen molar-refractivity contribution >= 4 is 28.7 Å². The molecule has 2 aromatic rings. The molecule has 0 spiro atoms. The number of anilines is 1.